The molecule has 0 spiro atoms. The van der Waals surface area contributed by atoms with Gasteiger partial charge in [-0.2, -0.15) is 0 Å². The Kier molecular flexibility index (Phi) is 9.62. The fourth-order valence-electron chi connectivity index (χ4n) is 5.80. The number of rotatable bonds is 11. The van der Waals surface area contributed by atoms with Crippen molar-refractivity contribution in [3.63, 3.8) is 0 Å². The second-order valence-electron chi connectivity index (χ2n) is 10.6. The number of hydrogen-bond donors (Lipinski definition) is 1. The van der Waals surface area contributed by atoms with Crippen LogP contribution in [0.15, 0.2) is 54.6 Å². The van der Waals surface area contributed by atoms with Crippen molar-refractivity contribution in [1.29, 1.82) is 0 Å². The van der Waals surface area contributed by atoms with Crippen LogP contribution in [0, 0.1) is 5.92 Å². The number of carbonyl (C=O) groups is 2. The third-order valence-electron chi connectivity index (χ3n) is 8.33. The molecule has 2 aliphatic rings. The molecule has 2 amide bonds. The summed E-state index contributed by atoms with van der Waals surface area (Å²) in [6.45, 7) is 6.99. The normalized spacial score (nSPS) is 18.5. The van der Waals surface area contributed by atoms with Crippen LogP contribution in [0.4, 0.5) is 0 Å². The first-order valence-corrected chi connectivity index (χ1v) is 14.0. The van der Waals surface area contributed by atoms with Crippen molar-refractivity contribution in [2.45, 2.75) is 76.9 Å². The standard InChI is InChI=1S/C31H43N3O3/c1-4-34(30(35)22-26-13-8-9-16-29(26)37-3)27-17-19-33(20-18-27)23(2)21-28(24-11-6-5-7-12-24)32-31(36)25-14-10-15-25/h5-9,11-13,16,23,25,27-28H,4,10,14-15,17-22H2,1-3H3,(H,32,36)/t23?,28-/m0/s1. The Morgan fingerprint density at radius 3 is 2.32 bits per heavy atom. The van der Waals surface area contributed by atoms with E-state index in [4.69, 9.17) is 4.74 Å². The lowest BCUT2D eigenvalue weighted by molar-refractivity contribution is -0.133. The van der Waals surface area contributed by atoms with E-state index in [0.29, 0.717) is 12.5 Å². The number of piperidine rings is 1. The second kappa shape index (κ2) is 13.1. The lowest BCUT2D eigenvalue weighted by Crippen LogP contribution is -2.50. The summed E-state index contributed by atoms with van der Waals surface area (Å²) in [7, 11) is 1.65. The Balaban J connectivity index is 1.33. The number of para-hydroxylation sites is 1. The van der Waals surface area contributed by atoms with Gasteiger partial charge in [0.15, 0.2) is 0 Å². The number of ether oxygens (including phenoxy) is 1. The van der Waals surface area contributed by atoms with Crippen LogP contribution in [-0.4, -0.2) is 60.4 Å². The van der Waals surface area contributed by atoms with E-state index >= 15 is 0 Å². The largest absolute Gasteiger partial charge is 0.496 e. The maximum atomic E-state index is 13.2. The average molecular weight is 506 g/mol. The second-order valence-corrected chi connectivity index (χ2v) is 10.6. The lowest BCUT2D eigenvalue weighted by atomic mass is 9.84. The molecular weight excluding hydrogens is 462 g/mol. The SMILES string of the molecule is CCN(C(=O)Cc1ccccc1OC)C1CCN(C(C)C[C@H](NC(=O)C2CCC2)c2ccccc2)CC1. The van der Waals surface area contributed by atoms with Gasteiger partial charge in [0.25, 0.3) is 0 Å². The number of nitrogens with one attached hydrogen (secondary N) is 1. The van der Waals surface area contributed by atoms with Gasteiger partial charge in [0.05, 0.1) is 19.6 Å². The van der Waals surface area contributed by atoms with Gasteiger partial charge in [0.2, 0.25) is 11.8 Å². The Bertz CT molecular complexity index is 1020. The molecule has 0 radical (unpaired) electrons. The summed E-state index contributed by atoms with van der Waals surface area (Å²) in [6, 6.07) is 18.8. The Labute approximate surface area is 222 Å². The number of nitrogens with zero attached hydrogens (tertiary/aromatic N) is 2. The predicted molar refractivity (Wildman–Crippen MR) is 147 cm³/mol. The summed E-state index contributed by atoms with van der Waals surface area (Å²) in [6.07, 6.45) is 6.39. The van der Waals surface area contributed by atoms with Crippen LogP contribution in [0.3, 0.4) is 0 Å². The van der Waals surface area contributed by atoms with Gasteiger partial charge in [-0.1, -0.05) is 55.0 Å². The van der Waals surface area contributed by atoms with E-state index in [0.717, 1.165) is 69.5 Å². The maximum Gasteiger partial charge on any atom is 0.227 e. The van der Waals surface area contributed by atoms with Gasteiger partial charge >= 0.3 is 0 Å². The molecule has 1 heterocycles. The predicted octanol–water partition coefficient (Wildman–Crippen LogP) is 4.99. The summed E-state index contributed by atoms with van der Waals surface area (Å²) < 4.78 is 5.45. The third kappa shape index (κ3) is 6.92. The van der Waals surface area contributed by atoms with Gasteiger partial charge in [-0.3, -0.25) is 9.59 Å². The van der Waals surface area contributed by atoms with Crippen LogP contribution < -0.4 is 10.1 Å². The van der Waals surface area contributed by atoms with Gasteiger partial charge in [-0.25, -0.2) is 0 Å². The molecule has 0 bridgehead atoms. The average Bonchev–Trinajstić information content (AvgIpc) is 2.89. The number of carbonyl (C=O) groups excluding carboxylic acids is 2. The highest BCUT2D eigenvalue weighted by Gasteiger charge is 2.32. The highest BCUT2D eigenvalue weighted by Crippen LogP contribution is 2.30. The first-order valence-electron chi connectivity index (χ1n) is 14.0. The molecule has 1 unspecified atom stereocenters. The van der Waals surface area contributed by atoms with E-state index in [2.05, 4.69) is 53.2 Å². The molecule has 2 aromatic carbocycles. The Morgan fingerprint density at radius 1 is 1.03 bits per heavy atom. The molecule has 1 aliphatic carbocycles. The van der Waals surface area contributed by atoms with Gasteiger partial charge < -0.3 is 19.9 Å². The molecule has 2 aromatic rings. The van der Waals surface area contributed by atoms with E-state index in [1.165, 1.54) is 5.56 Å². The minimum Gasteiger partial charge on any atom is -0.496 e. The monoisotopic (exact) mass is 505 g/mol. The molecule has 1 saturated heterocycles. The summed E-state index contributed by atoms with van der Waals surface area (Å²) in [5.74, 6) is 1.33. The van der Waals surface area contributed by atoms with E-state index in [1.54, 1.807) is 7.11 Å². The van der Waals surface area contributed by atoms with Crippen molar-refractivity contribution >= 4 is 11.8 Å². The summed E-state index contributed by atoms with van der Waals surface area (Å²) in [4.78, 5) is 30.6. The van der Waals surface area contributed by atoms with Crippen molar-refractivity contribution in [2.75, 3.05) is 26.7 Å². The smallest absolute Gasteiger partial charge is 0.227 e. The molecule has 37 heavy (non-hydrogen) atoms. The van der Waals surface area contributed by atoms with Crippen molar-refractivity contribution in [3.8, 4) is 5.75 Å². The van der Waals surface area contributed by atoms with E-state index in [-0.39, 0.29) is 29.8 Å². The summed E-state index contributed by atoms with van der Waals surface area (Å²) in [5.41, 5.74) is 2.12. The Morgan fingerprint density at radius 2 is 1.70 bits per heavy atom. The minimum absolute atomic E-state index is 0.0246. The molecule has 4 rings (SSSR count). The molecule has 1 saturated carbocycles. The number of amides is 2. The van der Waals surface area contributed by atoms with Crippen molar-refractivity contribution in [3.05, 3.63) is 65.7 Å². The highest BCUT2D eigenvalue weighted by molar-refractivity contribution is 5.80. The van der Waals surface area contributed by atoms with Crippen molar-refractivity contribution in [2.24, 2.45) is 5.92 Å². The topological polar surface area (TPSA) is 61.9 Å². The molecule has 2 fully saturated rings. The van der Waals surface area contributed by atoms with Crippen LogP contribution in [-0.2, 0) is 16.0 Å². The van der Waals surface area contributed by atoms with Crippen LogP contribution in [0.25, 0.3) is 0 Å². The summed E-state index contributed by atoms with van der Waals surface area (Å²) >= 11 is 0. The van der Waals surface area contributed by atoms with Crippen LogP contribution in [0.2, 0.25) is 0 Å². The first-order chi connectivity index (χ1) is 18.0. The molecule has 0 aromatic heterocycles. The van der Waals surface area contributed by atoms with Gasteiger partial charge in [-0.15, -0.1) is 0 Å². The van der Waals surface area contributed by atoms with Crippen LogP contribution in [0.1, 0.15) is 69.5 Å². The zero-order chi connectivity index (χ0) is 26.2. The van der Waals surface area contributed by atoms with Crippen LogP contribution >= 0.6 is 0 Å². The molecule has 1 aliphatic heterocycles. The van der Waals surface area contributed by atoms with E-state index in [9.17, 15) is 9.59 Å². The fourth-order valence-corrected chi connectivity index (χ4v) is 5.80. The molecule has 2 atom stereocenters. The van der Waals surface area contributed by atoms with Crippen molar-refractivity contribution < 1.29 is 14.3 Å². The quantitative estimate of drug-likeness (QED) is 0.468. The van der Waals surface area contributed by atoms with Crippen LogP contribution in [0.5, 0.6) is 5.75 Å². The molecule has 6 heteroatoms. The molecule has 6 nitrogen and oxygen atoms in total. The highest BCUT2D eigenvalue weighted by atomic mass is 16.5. The zero-order valence-corrected chi connectivity index (χ0v) is 22.7. The first kappa shape index (κ1) is 27.2. The number of methoxy groups -OCH3 is 1. The molecule has 1 N–H and O–H groups in total. The molecule has 200 valence electrons. The number of likely N-dealkylation sites (tertiary alicyclic amines) is 1. The maximum absolute atomic E-state index is 13.2. The van der Waals surface area contributed by atoms with Gasteiger partial charge in [0, 0.05) is 43.2 Å². The third-order valence-corrected chi connectivity index (χ3v) is 8.33. The van der Waals surface area contributed by atoms with Gasteiger partial charge in [-0.05, 0) is 57.6 Å². The Hall–Kier alpha value is -2.86. The van der Waals surface area contributed by atoms with E-state index in [1.807, 2.05) is 30.3 Å². The number of hydrogen-bond acceptors (Lipinski definition) is 4. The number of likely N-dealkylation sites (N-methyl/N-ethyl adjacent to an activating group) is 1. The fraction of sp³-hybridized carbons (Fsp3) is 0.548. The molecular formula is C31H43N3O3. The minimum atomic E-state index is 0.0246. The van der Waals surface area contributed by atoms with Gasteiger partial charge in [0.1, 0.15) is 5.75 Å². The summed E-state index contributed by atoms with van der Waals surface area (Å²) in [5, 5.41) is 3.36. The lowest BCUT2D eigenvalue weighted by Gasteiger charge is -2.41. The zero-order valence-electron chi connectivity index (χ0n) is 22.7. The van der Waals surface area contributed by atoms with Crippen molar-refractivity contribution in [1.82, 2.24) is 15.1 Å². The van der Waals surface area contributed by atoms with E-state index < -0.39 is 0 Å². The number of benzene rings is 2.